The molecule has 0 saturated carbocycles. The number of aryl methyl sites for hydroxylation is 1. The number of hydrogen-bond donors (Lipinski definition) is 1. The Morgan fingerprint density at radius 2 is 2.16 bits per heavy atom. The summed E-state index contributed by atoms with van der Waals surface area (Å²) in [6.07, 6.45) is 1.68. The number of carbonyl (C=O) groups is 1. The molecule has 2 rings (SSSR count). The van der Waals surface area contributed by atoms with Gasteiger partial charge in [-0.15, -0.1) is 16.4 Å². The zero-order valence-electron chi connectivity index (χ0n) is 11.1. The Labute approximate surface area is 115 Å². The maximum absolute atomic E-state index is 11.3. The maximum Gasteiger partial charge on any atom is 0.358 e. The van der Waals surface area contributed by atoms with Gasteiger partial charge in [0.1, 0.15) is 0 Å². The van der Waals surface area contributed by atoms with Gasteiger partial charge < -0.3 is 5.11 Å². The van der Waals surface area contributed by atoms with Crippen molar-refractivity contribution in [2.75, 3.05) is 0 Å². The molecule has 1 N–H and O–H groups in total. The van der Waals surface area contributed by atoms with Gasteiger partial charge in [0.2, 0.25) is 5.13 Å². The van der Waals surface area contributed by atoms with Crippen molar-refractivity contribution < 1.29 is 9.90 Å². The summed E-state index contributed by atoms with van der Waals surface area (Å²) < 4.78 is 1.57. The van der Waals surface area contributed by atoms with Crippen molar-refractivity contribution in [1.82, 2.24) is 20.0 Å². The highest BCUT2D eigenvalue weighted by atomic mass is 32.1. The summed E-state index contributed by atoms with van der Waals surface area (Å²) in [6.45, 7) is 5.96. The average molecular weight is 280 g/mol. The van der Waals surface area contributed by atoms with Crippen LogP contribution in [0.25, 0.3) is 5.13 Å². The Morgan fingerprint density at radius 3 is 2.63 bits per heavy atom. The molecule has 0 aliphatic rings. The lowest BCUT2D eigenvalue weighted by atomic mass is 9.97. The molecule has 19 heavy (non-hydrogen) atoms. The standard InChI is InChI=1S/C12H16N4O2S/c1-4-8(5-2)10-9(11(17)18)14-15-16(10)12-13-7(3)6-19-12/h6,8H,4-5H2,1-3H3,(H,17,18). The SMILES string of the molecule is CCC(CC)c1c(C(=O)O)nnn1-c1nc(C)cs1. The molecule has 0 bridgehead atoms. The minimum absolute atomic E-state index is 0.0292. The lowest BCUT2D eigenvalue weighted by Crippen LogP contribution is -2.11. The van der Waals surface area contributed by atoms with Crippen LogP contribution in [0.2, 0.25) is 0 Å². The molecule has 6 nitrogen and oxygen atoms in total. The summed E-state index contributed by atoms with van der Waals surface area (Å²) in [5.41, 5.74) is 1.57. The zero-order valence-corrected chi connectivity index (χ0v) is 11.9. The quantitative estimate of drug-likeness (QED) is 0.910. The highest BCUT2D eigenvalue weighted by molar-refractivity contribution is 7.12. The molecule has 0 atom stereocenters. The third-order valence-electron chi connectivity index (χ3n) is 3.07. The number of thiazole rings is 1. The summed E-state index contributed by atoms with van der Waals surface area (Å²) in [7, 11) is 0. The van der Waals surface area contributed by atoms with Crippen LogP contribution in [0.4, 0.5) is 0 Å². The largest absolute Gasteiger partial charge is 0.476 e. The summed E-state index contributed by atoms with van der Waals surface area (Å²) in [5, 5.41) is 19.6. The first kappa shape index (κ1) is 13.7. The van der Waals surface area contributed by atoms with Crippen molar-refractivity contribution in [1.29, 1.82) is 0 Å². The molecule has 2 heterocycles. The molecular formula is C12H16N4O2S. The van der Waals surface area contributed by atoms with Crippen molar-refractivity contribution in [2.45, 2.75) is 39.5 Å². The molecule has 0 spiro atoms. The first-order chi connectivity index (χ1) is 9.08. The summed E-state index contributed by atoms with van der Waals surface area (Å²) >= 11 is 1.44. The minimum atomic E-state index is -1.04. The van der Waals surface area contributed by atoms with E-state index in [1.54, 1.807) is 4.68 Å². The van der Waals surface area contributed by atoms with E-state index in [4.69, 9.17) is 0 Å². The molecule has 2 aromatic heterocycles. The number of carboxylic acid groups (broad SMARTS) is 1. The third-order valence-corrected chi connectivity index (χ3v) is 4.00. The van der Waals surface area contributed by atoms with Gasteiger partial charge in [0, 0.05) is 11.3 Å². The second-order valence-electron chi connectivity index (χ2n) is 4.33. The number of carboxylic acids is 1. The molecule has 2 aromatic rings. The van der Waals surface area contributed by atoms with Crippen molar-refractivity contribution in [3.63, 3.8) is 0 Å². The van der Waals surface area contributed by atoms with Crippen molar-refractivity contribution in [2.24, 2.45) is 0 Å². The maximum atomic E-state index is 11.3. The van der Waals surface area contributed by atoms with Gasteiger partial charge in [-0.05, 0) is 19.8 Å². The van der Waals surface area contributed by atoms with Crippen LogP contribution in [0.5, 0.6) is 0 Å². The normalized spacial score (nSPS) is 11.2. The Kier molecular flexibility index (Phi) is 3.94. The second-order valence-corrected chi connectivity index (χ2v) is 5.16. The Bertz CT molecular complexity index is 586. The summed E-state index contributed by atoms with van der Waals surface area (Å²) in [6, 6.07) is 0. The van der Waals surface area contributed by atoms with Crippen LogP contribution in [-0.4, -0.2) is 31.1 Å². The molecule has 0 radical (unpaired) electrons. The van der Waals surface area contributed by atoms with E-state index in [0.29, 0.717) is 10.8 Å². The van der Waals surface area contributed by atoms with Crippen LogP contribution in [0, 0.1) is 6.92 Å². The smallest absolute Gasteiger partial charge is 0.358 e. The predicted octanol–water partition coefficient (Wildman–Crippen LogP) is 2.63. The fourth-order valence-electron chi connectivity index (χ4n) is 2.06. The summed E-state index contributed by atoms with van der Waals surface area (Å²) in [5.74, 6) is -0.924. The van der Waals surface area contributed by atoms with Crippen LogP contribution in [0.3, 0.4) is 0 Å². The highest BCUT2D eigenvalue weighted by Gasteiger charge is 2.26. The molecule has 7 heteroatoms. The van der Waals surface area contributed by atoms with Gasteiger partial charge in [0.25, 0.3) is 0 Å². The van der Waals surface area contributed by atoms with Crippen molar-refractivity contribution >= 4 is 17.3 Å². The van der Waals surface area contributed by atoms with Gasteiger partial charge in [-0.3, -0.25) is 0 Å². The number of rotatable bonds is 5. The number of hydrogen-bond acceptors (Lipinski definition) is 5. The third kappa shape index (κ3) is 2.51. The second kappa shape index (κ2) is 5.48. The topological polar surface area (TPSA) is 80.9 Å². The van der Waals surface area contributed by atoms with E-state index in [2.05, 4.69) is 15.3 Å². The monoisotopic (exact) mass is 280 g/mol. The molecule has 102 valence electrons. The molecular weight excluding hydrogens is 264 g/mol. The van der Waals surface area contributed by atoms with E-state index in [1.165, 1.54) is 11.3 Å². The first-order valence-electron chi connectivity index (χ1n) is 6.19. The predicted molar refractivity (Wildman–Crippen MR) is 72.1 cm³/mol. The van der Waals surface area contributed by atoms with Crippen molar-refractivity contribution in [3.8, 4) is 5.13 Å². The lowest BCUT2D eigenvalue weighted by molar-refractivity contribution is 0.0688. The van der Waals surface area contributed by atoms with E-state index < -0.39 is 5.97 Å². The van der Waals surface area contributed by atoms with Crippen molar-refractivity contribution in [3.05, 3.63) is 22.5 Å². The Hall–Kier alpha value is -1.76. The van der Waals surface area contributed by atoms with Crippen LogP contribution in [0.1, 0.15) is 54.5 Å². The highest BCUT2D eigenvalue weighted by Crippen LogP contribution is 2.28. The van der Waals surface area contributed by atoms with Gasteiger partial charge in [0.15, 0.2) is 5.69 Å². The molecule has 0 aromatic carbocycles. The van der Waals surface area contributed by atoms with Gasteiger partial charge in [-0.2, -0.15) is 4.68 Å². The van der Waals surface area contributed by atoms with E-state index in [-0.39, 0.29) is 11.6 Å². The zero-order chi connectivity index (χ0) is 14.0. The molecule has 0 aliphatic carbocycles. The van der Waals surface area contributed by atoms with Crippen LogP contribution >= 0.6 is 11.3 Å². The number of nitrogens with zero attached hydrogens (tertiary/aromatic N) is 4. The number of aromatic nitrogens is 4. The summed E-state index contributed by atoms with van der Waals surface area (Å²) in [4.78, 5) is 15.6. The van der Waals surface area contributed by atoms with E-state index in [9.17, 15) is 9.90 Å². The molecule has 0 aliphatic heterocycles. The van der Waals surface area contributed by atoms with E-state index in [1.807, 2.05) is 26.2 Å². The van der Waals surface area contributed by atoms with Gasteiger partial charge >= 0.3 is 5.97 Å². The fourth-order valence-corrected chi connectivity index (χ4v) is 2.82. The molecule has 0 saturated heterocycles. The lowest BCUT2D eigenvalue weighted by Gasteiger charge is -2.13. The van der Waals surface area contributed by atoms with Crippen LogP contribution in [0.15, 0.2) is 5.38 Å². The van der Waals surface area contributed by atoms with E-state index >= 15 is 0 Å². The fraction of sp³-hybridized carbons (Fsp3) is 0.500. The Balaban J connectivity index is 2.58. The van der Waals surface area contributed by atoms with Gasteiger partial charge in [-0.25, -0.2) is 9.78 Å². The van der Waals surface area contributed by atoms with E-state index in [0.717, 1.165) is 18.5 Å². The number of aromatic carboxylic acids is 1. The van der Waals surface area contributed by atoms with Crippen LogP contribution < -0.4 is 0 Å². The molecule has 0 amide bonds. The molecule has 0 unspecified atom stereocenters. The Morgan fingerprint density at radius 1 is 1.47 bits per heavy atom. The van der Waals surface area contributed by atoms with Crippen LogP contribution in [-0.2, 0) is 0 Å². The van der Waals surface area contributed by atoms with Gasteiger partial charge in [-0.1, -0.05) is 19.1 Å². The van der Waals surface area contributed by atoms with Gasteiger partial charge in [0.05, 0.1) is 11.4 Å². The average Bonchev–Trinajstić information content (AvgIpc) is 2.97. The molecule has 0 fully saturated rings. The minimum Gasteiger partial charge on any atom is -0.476 e. The first-order valence-corrected chi connectivity index (χ1v) is 7.07.